The van der Waals surface area contributed by atoms with Crippen molar-refractivity contribution in [3.63, 3.8) is 0 Å². The van der Waals surface area contributed by atoms with Gasteiger partial charge in [-0.15, -0.1) is 0 Å². The van der Waals surface area contributed by atoms with E-state index >= 15 is 0 Å². The van der Waals surface area contributed by atoms with Crippen LogP contribution in [0.15, 0.2) is 24.3 Å². The monoisotopic (exact) mass is 466 g/mol. The molecule has 9 nitrogen and oxygen atoms in total. The molecule has 0 unspecified atom stereocenters. The van der Waals surface area contributed by atoms with Crippen molar-refractivity contribution in [2.45, 2.75) is 63.5 Å². The first-order chi connectivity index (χ1) is 16.4. The zero-order chi connectivity index (χ0) is 24.1. The maximum atomic E-state index is 12.5. The summed E-state index contributed by atoms with van der Waals surface area (Å²) in [6, 6.07) is 6.85. The number of esters is 1. The average molecular weight is 467 g/mol. The molecule has 9 heteroatoms. The zero-order valence-electron chi connectivity index (χ0n) is 20.2. The molecule has 1 saturated carbocycles. The Morgan fingerprint density at radius 3 is 2.44 bits per heavy atom. The molecule has 2 aromatic rings. The van der Waals surface area contributed by atoms with E-state index in [1.165, 1.54) is 31.2 Å². The number of rotatable bonds is 6. The van der Waals surface area contributed by atoms with E-state index in [0.29, 0.717) is 17.2 Å². The first-order valence-electron chi connectivity index (χ1n) is 12.0. The molecule has 2 aliphatic carbocycles. The van der Waals surface area contributed by atoms with Crippen LogP contribution in [0.5, 0.6) is 0 Å². The summed E-state index contributed by atoms with van der Waals surface area (Å²) in [7, 11) is 5.39. The van der Waals surface area contributed by atoms with Crippen LogP contribution in [-0.4, -0.2) is 55.3 Å². The number of hydrogen-bond acceptors (Lipinski definition) is 7. The van der Waals surface area contributed by atoms with Gasteiger partial charge < -0.3 is 25.6 Å². The predicted octanol–water partition coefficient (Wildman–Crippen LogP) is 3.75. The minimum absolute atomic E-state index is 0.0742. The lowest BCUT2D eigenvalue weighted by atomic mass is 9.91. The first kappa shape index (κ1) is 23.8. The number of fused-ring (bicyclic) bond motifs is 1. The van der Waals surface area contributed by atoms with Crippen molar-refractivity contribution in [2.24, 2.45) is 0 Å². The lowest BCUT2D eigenvalue weighted by Crippen LogP contribution is -2.42. The summed E-state index contributed by atoms with van der Waals surface area (Å²) in [4.78, 5) is 36.2. The standard InChI is InChI=1S/C25H34N6O3/c1-31(2)22-18-8-4-6-10-20(18)28-24(30-22)26-16-12-14-17(15-13-16)27-25(33)29-21-11-7-5-9-19(21)23(32)34-3/h5,7,9,11,16-17H,4,6,8,10,12-15H2,1-3H3,(H,26,28,30)(H2,27,29,33). The molecule has 0 saturated heterocycles. The number of para-hydroxylation sites is 1. The van der Waals surface area contributed by atoms with Crippen LogP contribution in [0.2, 0.25) is 0 Å². The molecular weight excluding hydrogens is 432 g/mol. The van der Waals surface area contributed by atoms with E-state index in [0.717, 1.165) is 44.3 Å². The number of anilines is 3. The van der Waals surface area contributed by atoms with Crippen LogP contribution >= 0.6 is 0 Å². The molecular formula is C25H34N6O3. The number of urea groups is 1. The van der Waals surface area contributed by atoms with Crippen LogP contribution in [0.4, 0.5) is 22.2 Å². The lowest BCUT2D eigenvalue weighted by Gasteiger charge is -2.30. The molecule has 1 aromatic carbocycles. The van der Waals surface area contributed by atoms with Crippen molar-refractivity contribution in [1.29, 1.82) is 0 Å². The van der Waals surface area contributed by atoms with E-state index in [1.54, 1.807) is 24.3 Å². The highest BCUT2D eigenvalue weighted by Gasteiger charge is 2.25. The minimum atomic E-state index is -0.482. The van der Waals surface area contributed by atoms with Gasteiger partial charge in [0.15, 0.2) is 0 Å². The van der Waals surface area contributed by atoms with Crippen molar-refractivity contribution in [2.75, 3.05) is 36.7 Å². The van der Waals surface area contributed by atoms with Gasteiger partial charge in [-0.05, 0) is 63.5 Å². The second-order valence-corrected chi connectivity index (χ2v) is 9.23. The molecule has 0 bridgehead atoms. The van der Waals surface area contributed by atoms with Gasteiger partial charge in [0.05, 0.1) is 24.1 Å². The number of amides is 2. The van der Waals surface area contributed by atoms with Gasteiger partial charge in [-0.2, -0.15) is 4.98 Å². The van der Waals surface area contributed by atoms with Gasteiger partial charge in [0.25, 0.3) is 0 Å². The number of hydrogen-bond donors (Lipinski definition) is 3. The summed E-state index contributed by atoms with van der Waals surface area (Å²) in [5.41, 5.74) is 3.22. The molecule has 34 heavy (non-hydrogen) atoms. The van der Waals surface area contributed by atoms with Gasteiger partial charge >= 0.3 is 12.0 Å². The molecule has 1 aromatic heterocycles. The second kappa shape index (κ2) is 10.7. The maximum absolute atomic E-state index is 12.5. The summed E-state index contributed by atoms with van der Waals surface area (Å²) in [6.07, 6.45) is 7.99. The number of nitrogens with one attached hydrogen (secondary N) is 3. The van der Waals surface area contributed by atoms with Crippen LogP contribution in [0, 0.1) is 0 Å². The third-order valence-corrected chi connectivity index (χ3v) is 6.56. The van der Waals surface area contributed by atoms with Crippen molar-refractivity contribution in [3.05, 3.63) is 41.1 Å². The predicted molar refractivity (Wildman–Crippen MR) is 133 cm³/mol. The molecule has 2 aliphatic rings. The number of nitrogens with zero attached hydrogens (tertiary/aromatic N) is 3. The van der Waals surface area contributed by atoms with E-state index in [4.69, 9.17) is 14.7 Å². The summed E-state index contributed by atoms with van der Waals surface area (Å²) >= 11 is 0. The molecule has 0 aliphatic heterocycles. The molecule has 3 N–H and O–H groups in total. The van der Waals surface area contributed by atoms with Gasteiger partial charge in [0, 0.05) is 31.7 Å². The van der Waals surface area contributed by atoms with Crippen LogP contribution in [0.1, 0.15) is 60.1 Å². The summed E-state index contributed by atoms with van der Waals surface area (Å²) in [5.74, 6) is 1.24. The summed E-state index contributed by atoms with van der Waals surface area (Å²) in [5, 5.41) is 9.35. The Morgan fingerprint density at radius 1 is 1.00 bits per heavy atom. The highest BCUT2D eigenvalue weighted by molar-refractivity contribution is 6.00. The van der Waals surface area contributed by atoms with Crippen molar-refractivity contribution >= 4 is 29.5 Å². The number of carbonyl (C=O) groups excluding carboxylic acids is 2. The highest BCUT2D eigenvalue weighted by atomic mass is 16.5. The van der Waals surface area contributed by atoms with Gasteiger partial charge in [-0.1, -0.05) is 12.1 Å². The second-order valence-electron chi connectivity index (χ2n) is 9.23. The van der Waals surface area contributed by atoms with E-state index in [1.807, 2.05) is 14.1 Å². The molecule has 0 atom stereocenters. The van der Waals surface area contributed by atoms with Gasteiger partial charge in [-0.25, -0.2) is 14.6 Å². The number of aromatic nitrogens is 2. The number of ether oxygens (including phenoxy) is 1. The van der Waals surface area contributed by atoms with Crippen LogP contribution in [0.25, 0.3) is 0 Å². The molecule has 182 valence electrons. The Balaban J connectivity index is 1.31. The average Bonchev–Trinajstić information content (AvgIpc) is 2.84. The number of aryl methyl sites for hydroxylation is 1. The van der Waals surface area contributed by atoms with Gasteiger partial charge in [0.1, 0.15) is 5.82 Å². The fraction of sp³-hybridized carbons (Fsp3) is 0.520. The number of carbonyl (C=O) groups is 2. The molecule has 2 amide bonds. The molecule has 1 fully saturated rings. The Labute approximate surface area is 200 Å². The highest BCUT2D eigenvalue weighted by Crippen LogP contribution is 2.29. The van der Waals surface area contributed by atoms with Crippen molar-refractivity contribution in [3.8, 4) is 0 Å². The third kappa shape index (κ3) is 5.58. The summed E-state index contributed by atoms with van der Waals surface area (Å²) < 4.78 is 4.79. The first-order valence-corrected chi connectivity index (χ1v) is 12.0. The van der Waals surface area contributed by atoms with E-state index < -0.39 is 5.97 Å². The fourth-order valence-electron chi connectivity index (χ4n) is 4.80. The molecule has 0 spiro atoms. The Bertz CT molecular complexity index is 1030. The Morgan fingerprint density at radius 2 is 1.71 bits per heavy atom. The normalized spacial score (nSPS) is 19.5. The Hall–Kier alpha value is -3.36. The lowest BCUT2D eigenvalue weighted by molar-refractivity contribution is 0.0602. The fourth-order valence-corrected chi connectivity index (χ4v) is 4.80. The van der Waals surface area contributed by atoms with E-state index in [9.17, 15) is 9.59 Å². The Kier molecular flexibility index (Phi) is 7.49. The number of methoxy groups -OCH3 is 1. The van der Waals surface area contributed by atoms with Gasteiger partial charge in [0.2, 0.25) is 5.95 Å². The van der Waals surface area contributed by atoms with Crippen LogP contribution in [-0.2, 0) is 17.6 Å². The third-order valence-electron chi connectivity index (χ3n) is 6.56. The van der Waals surface area contributed by atoms with Crippen molar-refractivity contribution in [1.82, 2.24) is 15.3 Å². The molecule has 4 rings (SSSR count). The molecule has 1 heterocycles. The van der Waals surface area contributed by atoms with E-state index in [-0.39, 0.29) is 18.1 Å². The number of benzene rings is 1. The van der Waals surface area contributed by atoms with Gasteiger partial charge in [-0.3, -0.25) is 0 Å². The topological polar surface area (TPSA) is 108 Å². The largest absolute Gasteiger partial charge is 0.465 e. The van der Waals surface area contributed by atoms with Crippen LogP contribution in [0.3, 0.4) is 0 Å². The maximum Gasteiger partial charge on any atom is 0.339 e. The quantitative estimate of drug-likeness (QED) is 0.556. The SMILES string of the molecule is COC(=O)c1ccccc1NC(=O)NC1CCC(Nc2nc3c(c(N(C)C)n2)CCCC3)CC1. The van der Waals surface area contributed by atoms with Crippen molar-refractivity contribution < 1.29 is 14.3 Å². The smallest absolute Gasteiger partial charge is 0.339 e. The minimum Gasteiger partial charge on any atom is -0.465 e. The molecule has 0 radical (unpaired) electrons. The zero-order valence-corrected chi connectivity index (χ0v) is 20.2. The van der Waals surface area contributed by atoms with Crippen LogP contribution < -0.4 is 20.9 Å². The summed E-state index contributed by atoms with van der Waals surface area (Å²) in [6.45, 7) is 0. The van der Waals surface area contributed by atoms with E-state index in [2.05, 4.69) is 20.9 Å².